The first-order valence-corrected chi connectivity index (χ1v) is 8.48. The molecule has 0 spiro atoms. The van der Waals surface area contributed by atoms with Gasteiger partial charge in [0.05, 0.1) is 0 Å². The van der Waals surface area contributed by atoms with Crippen LogP contribution in [0.3, 0.4) is 0 Å². The van der Waals surface area contributed by atoms with Crippen molar-refractivity contribution >= 4 is 17.4 Å². The predicted octanol–water partition coefficient (Wildman–Crippen LogP) is 3.44. The number of anilines is 1. The van der Waals surface area contributed by atoms with E-state index in [-0.39, 0.29) is 0 Å². The van der Waals surface area contributed by atoms with Gasteiger partial charge in [0.1, 0.15) is 0 Å². The van der Waals surface area contributed by atoms with Crippen LogP contribution in [0.2, 0.25) is 0 Å². The first-order chi connectivity index (χ1) is 9.16. The summed E-state index contributed by atoms with van der Waals surface area (Å²) in [6, 6.07) is 7.46. The molecule has 1 aliphatic heterocycles. The van der Waals surface area contributed by atoms with Crippen molar-refractivity contribution in [3.8, 4) is 0 Å². The Morgan fingerprint density at radius 1 is 1.26 bits per heavy atom. The molecule has 1 aromatic carbocycles. The van der Waals surface area contributed by atoms with Crippen LogP contribution in [0.5, 0.6) is 0 Å². The van der Waals surface area contributed by atoms with Gasteiger partial charge in [0.2, 0.25) is 0 Å². The molecule has 0 amide bonds. The van der Waals surface area contributed by atoms with Crippen LogP contribution in [0.15, 0.2) is 18.2 Å². The highest BCUT2D eigenvalue weighted by Crippen LogP contribution is 2.24. The lowest BCUT2D eigenvalue weighted by molar-refractivity contribution is 0.588. The SMILES string of the molecule is Cc1cc(CNC(C)C)ccc1N1CCCSCC1. The largest absolute Gasteiger partial charge is 0.370 e. The third-order valence-corrected chi connectivity index (χ3v) is 4.59. The van der Waals surface area contributed by atoms with Gasteiger partial charge in [-0.3, -0.25) is 0 Å². The number of aryl methyl sites for hydroxylation is 1. The van der Waals surface area contributed by atoms with Crippen LogP contribution in [-0.4, -0.2) is 30.6 Å². The highest BCUT2D eigenvalue weighted by Gasteiger charge is 2.12. The van der Waals surface area contributed by atoms with Gasteiger partial charge in [0, 0.05) is 37.1 Å². The molecule has 19 heavy (non-hydrogen) atoms. The molecule has 1 fully saturated rings. The lowest BCUT2D eigenvalue weighted by Crippen LogP contribution is -2.26. The summed E-state index contributed by atoms with van der Waals surface area (Å²) in [5, 5.41) is 3.48. The molecule has 1 heterocycles. The van der Waals surface area contributed by atoms with Gasteiger partial charge in [0.25, 0.3) is 0 Å². The third kappa shape index (κ3) is 4.43. The van der Waals surface area contributed by atoms with Crippen LogP contribution < -0.4 is 10.2 Å². The lowest BCUT2D eigenvalue weighted by Gasteiger charge is -2.25. The highest BCUT2D eigenvalue weighted by molar-refractivity contribution is 7.99. The Balaban J connectivity index is 2.05. The number of hydrogen-bond donors (Lipinski definition) is 1. The maximum atomic E-state index is 3.48. The highest BCUT2D eigenvalue weighted by atomic mass is 32.2. The average Bonchev–Trinajstić information content (AvgIpc) is 2.65. The fraction of sp³-hybridized carbons (Fsp3) is 0.625. The van der Waals surface area contributed by atoms with E-state index in [1.54, 1.807) is 0 Å². The van der Waals surface area contributed by atoms with Gasteiger partial charge >= 0.3 is 0 Å². The van der Waals surface area contributed by atoms with E-state index < -0.39 is 0 Å². The molecule has 2 nitrogen and oxygen atoms in total. The Morgan fingerprint density at radius 3 is 2.84 bits per heavy atom. The van der Waals surface area contributed by atoms with Crippen molar-refractivity contribution in [2.75, 3.05) is 29.5 Å². The topological polar surface area (TPSA) is 15.3 Å². The van der Waals surface area contributed by atoms with Crippen molar-refractivity contribution in [3.05, 3.63) is 29.3 Å². The molecule has 0 atom stereocenters. The second-order valence-corrected chi connectivity index (χ2v) is 6.83. The Labute approximate surface area is 122 Å². The van der Waals surface area contributed by atoms with Crippen LogP contribution in [0.4, 0.5) is 5.69 Å². The molecule has 3 heteroatoms. The molecule has 0 saturated carbocycles. The van der Waals surface area contributed by atoms with Crippen molar-refractivity contribution < 1.29 is 0 Å². The van der Waals surface area contributed by atoms with Gasteiger partial charge in [-0.05, 0) is 36.3 Å². The molecule has 0 unspecified atom stereocenters. The Hall–Kier alpha value is -0.670. The molecule has 0 radical (unpaired) electrons. The third-order valence-electron chi connectivity index (χ3n) is 3.54. The fourth-order valence-corrected chi connectivity index (χ4v) is 3.38. The molecular formula is C16H26N2S. The summed E-state index contributed by atoms with van der Waals surface area (Å²) >= 11 is 2.08. The van der Waals surface area contributed by atoms with E-state index in [0.717, 1.165) is 6.54 Å². The van der Waals surface area contributed by atoms with E-state index >= 15 is 0 Å². The molecule has 1 aromatic rings. The van der Waals surface area contributed by atoms with Crippen LogP contribution in [0.1, 0.15) is 31.4 Å². The zero-order valence-electron chi connectivity index (χ0n) is 12.4. The minimum absolute atomic E-state index is 0.544. The Kier molecular flexibility index (Phi) is 5.59. The van der Waals surface area contributed by atoms with E-state index in [9.17, 15) is 0 Å². The summed E-state index contributed by atoms with van der Waals surface area (Å²) in [6.45, 7) is 9.99. The van der Waals surface area contributed by atoms with Crippen molar-refractivity contribution in [2.24, 2.45) is 0 Å². The lowest BCUT2D eigenvalue weighted by atomic mass is 10.1. The van der Waals surface area contributed by atoms with Crippen molar-refractivity contribution in [1.82, 2.24) is 5.32 Å². The minimum atomic E-state index is 0.544. The number of benzene rings is 1. The molecule has 1 aliphatic rings. The summed E-state index contributed by atoms with van der Waals surface area (Å²) in [4.78, 5) is 2.55. The standard InChI is InChI=1S/C16H26N2S/c1-13(2)17-12-15-5-6-16(14(3)11-15)18-7-4-9-19-10-8-18/h5-6,11,13,17H,4,7-10,12H2,1-3H3. The minimum Gasteiger partial charge on any atom is -0.370 e. The zero-order chi connectivity index (χ0) is 13.7. The van der Waals surface area contributed by atoms with Crippen molar-refractivity contribution in [2.45, 2.75) is 39.8 Å². The number of nitrogens with one attached hydrogen (secondary N) is 1. The van der Waals surface area contributed by atoms with Gasteiger partial charge in [0.15, 0.2) is 0 Å². The van der Waals surface area contributed by atoms with Gasteiger partial charge < -0.3 is 10.2 Å². The summed E-state index contributed by atoms with van der Waals surface area (Å²) in [5.74, 6) is 2.57. The zero-order valence-corrected chi connectivity index (χ0v) is 13.2. The number of thioether (sulfide) groups is 1. The Bertz CT molecular complexity index is 396. The summed E-state index contributed by atoms with van der Waals surface area (Å²) < 4.78 is 0. The second-order valence-electron chi connectivity index (χ2n) is 5.61. The maximum Gasteiger partial charge on any atom is 0.0396 e. The van der Waals surface area contributed by atoms with E-state index in [1.807, 2.05) is 0 Å². The van der Waals surface area contributed by atoms with Gasteiger partial charge in [-0.2, -0.15) is 11.8 Å². The van der Waals surface area contributed by atoms with Crippen molar-refractivity contribution in [3.63, 3.8) is 0 Å². The molecule has 0 aromatic heterocycles. The fourth-order valence-electron chi connectivity index (χ4n) is 2.49. The van der Waals surface area contributed by atoms with E-state index in [1.165, 1.54) is 47.8 Å². The normalized spacial score (nSPS) is 16.7. The maximum absolute atomic E-state index is 3.48. The Morgan fingerprint density at radius 2 is 2.11 bits per heavy atom. The molecule has 2 rings (SSSR count). The molecule has 106 valence electrons. The smallest absolute Gasteiger partial charge is 0.0396 e. The predicted molar refractivity (Wildman–Crippen MR) is 87.3 cm³/mol. The molecule has 1 saturated heterocycles. The number of rotatable bonds is 4. The van der Waals surface area contributed by atoms with Crippen LogP contribution in [-0.2, 0) is 6.54 Å². The molecule has 1 N–H and O–H groups in total. The average molecular weight is 278 g/mol. The molecule has 0 bridgehead atoms. The molecule has 0 aliphatic carbocycles. The monoisotopic (exact) mass is 278 g/mol. The van der Waals surface area contributed by atoms with Gasteiger partial charge in [-0.15, -0.1) is 0 Å². The van der Waals surface area contributed by atoms with Gasteiger partial charge in [-0.25, -0.2) is 0 Å². The quantitative estimate of drug-likeness (QED) is 0.908. The van der Waals surface area contributed by atoms with Gasteiger partial charge in [-0.1, -0.05) is 26.0 Å². The second kappa shape index (κ2) is 7.20. The van der Waals surface area contributed by atoms with E-state index in [0.29, 0.717) is 6.04 Å². The number of nitrogens with zero attached hydrogens (tertiary/aromatic N) is 1. The first kappa shape index (κ1) is 14.7. The first-order valence-electron chi connectivity index (χ1n) is 7.32. The number of hydrogen-bond acceptors (Lipinski definition) is 3. The van der Waals surface area contributed by atoms with E-state index in [4.69, 9.17) is 0 Å². The summed E-state index contributed by atoms with van der Waals surface area (Å²) in [7, 11) is 0. The summed E-state index contributed by atoms with van der Waals surface area (Å²) in [5.41, 5.74) is 4.23. The van der Waals surface area contributed by atoms with Crippen LogP contribution in [0.25, 0.3) is 0 Å². The van der Waals surface area contributed by atoms with Crippen LogP contribution in [0, 0.1) is 6.92 Å². The van der Waals surface area contributed by atoms with Crippen molar-refractivity contribution in [1.29, 1.82) is 0 Å². The van der Waals surface area contributed by atoms with Crippen LogP contribution >= 0.6 is 11.8 Å². The summed E-state index contributed by atoms with van der Waals surface area (Å²) in [6.07, 6.45) is 1.31. The van der Waals surface area contributed by atoms with E-state index in [2.05, 4.69) is 60.9 Å². The molecular weight excluding hydrogens is 252 g/mol.